The average Bonchev–Trinajstić information content (AvgIpc) is 2.97. The smallest absolute Gasteiger partial charge is 0.338 e. The zero-order valence-electron chi connectivity index (χ0n) is 11.8. The summed E-state index contributed by atoms with van der Waals surface area (Å²) in [6, 6.07) is 14.7. The summed E-state index contributed by atoms with van der Waals surface area (Å²) in [6.07, 6.45) is 3.73. The summed E-state index contributed by atoms with van der Waals surface area (Å²) in [5, 5.41) is 0. The van der Waals surface area contributed by atoms with Crippen molar-refractivity contribution in [3.63, 3.8) is 0 Å². The Kier molecular flexibility index (Phi) is 4.19. The van der Waals surface area contributed by atoms with Crippen molar-refractivity contribution in [2.24, 2.45) is 0 Å². The molecule has 0 bridgehead atoms. The van der Waals surface area contributed by atoms with Gasteiger partial charge in [-0.15, -0.1) is 0 Å². The Morgan fingerprint density at radius 3 is 2.36 bits per heavy atom. The van der Waals surface area contributed by atoms with Gasteiger partial charge in [0.1, 0.15) is 23.8 Å². The van der Waals surface area contributed by atoms with Gasteiger partial charge in [0.25, 0.3) is 0 Å². The van der Waals surface area contributed by atoms with Crippen molar-refractivity contribution in [1.29, 1.82) is 0 Å². The third kappa shape index (κ3) is 3.52. The Hall–Kier alpha value is -2.62. The molecule has 0 aromatic heterocycles. The summed E-state index contributed by atoms with van der Waals surface area (Å²) < 4.78 is 24.0. The van der Waals surface area contributed by atoms with E-state index in [1.54, 1.807) is 36.4 Å². The first-order valence-electron chi connectivity index (χ1n) is 7.07. The molecule has 112 valence electrons. The van der Waals surface area contributed by atoms with Crippen LogP contribution in [0.4, 0.5) is 4.39 Å². The second kappa shape index (κ2) is 6.43. The van der Waals surface area contributed by atoms with E-state index in [4.69, 9.17) is 9.47 Å². The van der Waals surface area contributed by atoms with E-state index in [-0.39, 0.29) is 24.0 Å². The van der Waals surface area contributed by atoms with E-state index in [2.05, 4.69) is 0 Å². The van der Waals surface area contributed by atoms with Crippen LogP contribution in [0.2, 0.25) is 0 Å². The molecule has 0 amide bonds. The molecule has 0 fully saturated rings. The van der Waals surface area contributed by atoms with Crippen LogP contribution in [0.5, 0.6) is 5.75 Å². The molecule has 2 unspecified atom stereocenters. The van der Waals surface area contributed by atoms with Gasteiger partial charge in [0.15, 0.2) is 0 Å². The lowest BCUT2D eigenvalue weighted by atomic mass is 10.2. The summed E-state index contributed by atoms with van der Waals surface area (Å²) in [6.45, 7) is 0. The summed E-state index contributed by atoms with van der Waals surface area (Å²) in [4.78, 5) is 12.0. The molecule has 2 atom stereocenters. The Balaban J connectivity index is 1.53. The fourth-order valence-electron chi connectivity index (χ4n) is 2.28. The topological polar surface area (TPSA) is 35.5 Å². The summed E-state index contributed by atoms with van der Waals surface area (Å²) in [7, 11) is 0. The quantitative estimate of drug-likeness (QED) is 0.637. The predicted octanol–water partition coefficient (Wildman–Crippen LogP) is 3.76. The molecule has 3 rings (SSSR count). The lowest BCUT2D eigenvalue weighted by Crippen LogP contribution is -2.19. The number of esters is 1. The van der Waals surface area contributed by atoms with Crippen LogP contribution in [-0.4, -0.2) is 18.2 Å². The third-order valence-electron chi connectivity index (χ3n) is 3.37. The third-order valence-corrected chi connectivity index (χ3v) is 3.37. The zero-order valence-corrected chi connectivity index (χ0v) is 11.8. The molecule has 2 aromatic carbocycles. The van der Waals surface area contributed by atoms with Crippen LogP contribution in [0.25, 0.3) is 0 Å². The van der Waals surface area contributed by atoms with Crippen LogP contribution < -0.4 is 4.74 Å². The number of ether oxygens (including phenoxy) is 2. The van der Waals surface area contributed by atoms with E-state index in [0.717, 1.165) is 0 Å². The monoisotopic (exact) mass is 298 g/mol. The maximum atomic E-state index is 12.8. The lowest BCUT2D eigenvalue weighted by Gasteiger charge is -2.15. The SMILES string of the molecule is O=C(OC1C=CC(Oc2ccc(F)cc2)C1)c1ccccc1. The first-order chi connectivity index (χ1) is 10.7. The van der Waals surface area contributed by atoms with Gasteiger partial charge in [-0.05, 0) is 48.6 Å². The zero-order chi connectivity index (χ0) is 15.4. The van der Waals surface area contributed by atoms with Gasteiger partial charge in [0.05, 0.1) is 5.56 Å². The molecular formula is C18H15FO3. The second-order valence-corrected chi connectivity index (χ2v) is 5.04. The second-order valence-electron chi connectivity index (χ2n) is 5.04. The molecule has 0 heterocycles. The molecule has 1 aliphatic rings. The molecule has 4 heteroatoms. The van der Waals surface area contributed by atoms with Crippen molar-refractivity contribution in [3.05, 3.63) is 78.1 Å². The average molecular weight is 298 g/mol. The van der Waals surface area contributed by atoms with Crippen LogP contribution in [0, 0.1) is 5.82 Å². The van der Waals surface area contributed by atoms with Crippen LogP contribution in [-0.2, 0) is 4.74 Å². The van der Waals surface area contributed by atoms with Gasteiger partial charge in [-0.1, -0.05) is 18.2 Å². The molecule has 0 N–H and O–H groups in total. The highest BCUT2D eigenvalue weighted by atomic mass is 19.1. The number of benzene rings is 2. The molecule has 0 radical (unpaired) electrons. The number of carbonyl (C=O) groups is 1. The Morgan fingerprint density at radius 1 is 0.955 bits per heavy atom. The van der Waals surface area contributed by atoms with Gasteiger partial charge in [-0.3, -0.25) is 0 Å². The fraction of sp³-hybridized carbons (Fsp3) is 0.167. The van der Waals surface area contributed by atoms with E-state index < -0.39 is 0 Å². The number of carbonyl (C=O) groups excluding carboxylic acids is 1. The van der Waals surface area contributed by atoms with Gasteiger partial charge < -0.3 is 9.47 Å². The Bertz CT molecular complexity index is 664. The van der Waals surface area contributed by atoms with E-state index in [9.17, 15) is 9.18 Å². The van der Waals surface area contributed by atoms with E-state index in [0.29, 0.717) is 17.7 Å². The molecule has 22 heavy (non-hydrogen) atoms. The minimum Gasteiger partial charge on any atom is -0.486 e. The largest absolute Gasteiger partial charge is 0.486 e. The first kappa shape index (κ1) is 14.3. The van der Waals surface area contributed by atoms with E-state index in [1.165, 1.54) is 12.1 Å². The van der Waals surface area contributed by atoms with Crippen molar-refractivity contribution < 1.29 is 18.7 Å². The molecule has 3 nitrogen and oxygen atoms in total. The van der Waals surface area contributed by atoms with Crippen LogP contribution >= 0.6 is 0 Å². The van der Waals surface area contributed by atoms with Gasteiger partial charge in [0.2, 0.25) is 0 Å². The Labute approximate surface area is 128 Å². The van der Waals surface area contributed by atoms with Gasteiger partial charge in [-0.25, -0.2) is 9.18 Å². The van der Waals surface area contributed by atoms with E-state index >= 15 is 0 Å². The van der Waals surface area contributed by atoms with Crippen molar-refractivity contribution in [3.8, 4) is 5.75 Å². The minimum absolute atomic E-state index is 0.181. The van der Waals surface area contributed by atoms with Gasteiger partial charge >= 0.3 is 5.97 Å². The van der Waals surface area contributed by atoms with Crippen molar-refractivity contribution in [2.45, 2.75) is 18.6 Å². The van der Waals surface area contributed by atoms with Gasteiger partial charge in [0, 0.05) is 6.42 Å². The molecule has 0 spiro atoms. The molecule has 1 aliphatic carbocycles. The Morgan fingerprint density at radius 2 is 1.64 bits per heavy atom. The van der Waals surface area contributed by atoms with Crippen LogP contribution in [0.15, 0.2) is 66.7 Å². The van der Waals surface area contributed by atoms with E-state index in [1.807, 2.05) is 18.2 Å². The van der Waals surface area contributed by atoms with Crippen molar-refractivity contribution in [2.75, 3.05) is 0 Å². The number of rotatable bonds is 4. The maximum Gasteiger partial charge on any atom is 0.338 e. The lowest BCUT2D eigenvalue weighted by molar-refractivity contribution is 0.0358. The van der Waals surface area contributed by atoms with Crippen molar-refractivity contribution in [1.82, 2.24) is 0 Å². The molecule has 0 saturated heterocycles. The molecule has 0 aliphatic heterocycles. The molecular weight excluding hydrogens is 283 g/mol. The summed E-state index contributed by atoms with van der Waals surface area (Å²) >= 11 is 0. The summed E-state index contributed by atoms with van der Waals surface area (Å²) in [5.74, 6) is -0.0623. The highest BCUT2D eigenvalue weighted by molar-refractivity contribution is 5.89. The van der Waals surface area contributed by atoms with Crippen LogP contribution in [0.1, 0.15) is 16.8 Å². The van der Waals surface area contributed by atoms with Crippen LogP contribution in [0.3, 0.4) is 0 Å². The highest BCUT2D eigenvalue weighted by Gasteiger charge is 2.24. The fourth-order valence-corrected chi connectivity index (χ4v) is 2.28. The normalized spacial score (nSPS) is 19.9. The first-order valence-corrected chi connectivity index (χ1v) is 7.07. The standard InChI is InChI=1S/C18H15FO3/c19-14-6-8-15(9-7-14)21-16-10-11-17(12-16)22-18(20)13-4-2-1-3-5-13/h1-11,16-17H,12H2. The highest BCUT2D eigenvalue weighted by Crippen LogP contribution is 2.22. The number of hydrogen-bond acceptors (Lipinski definition) is 3. The molecule has 0 saturated carbocycles. The van der Waals surface area contributed by atoms with Gasteiger partial charge in [-0.2, -0.15) is 0 Å². The number of halogens is 1. The number of hydrogen-bond donors (Lipinski definition) is 0. The minimum atomic E-state index is -0.349. The predicted molar refractivity (Wildman–Crippen MR) is 80.2 cm³/mol. The summed E-state index contributed by atoms with van der Waals surface area (Å²) in [5.41, 5.74) is 0.527. The van der Waals surface area contributed by atoms with Crippen molar-refractivity contribution >= 4 is 5.97 Å². The molecule has 2 aromatic rings. The maximum absolute atomic E-state index is 12.8.